The van der Waals surface area contributed by atoms with Gasteiger partial charge in [0.1, 0.15) is 0 Å². The van der Waals surface area contributed by atoms with Crippen molar-refractivity contribution in [3.8, 4) is 0 Å². The molecular formula is C14H18V. The molecule has 0 saturated carbocycles. The molecular weight excluding hydrogens is 219 g/mol. The van der Waals surface area contributed by atoms with Gasteiger partial charge < -0.3 is 0 Å². The topological polar surface area (TPSA) is 0 Å². The summed E-state index contributed by atoms with van der Waals surface area (Å²) in [6, 6.07) is 16.8. The van der Waals surface area contributed by atoms with Crippen molar-refractivity contribution in [2.75, 3.05) is 0 Å². The Balaban J connectivity index is 0.000000245. The summed E-state index contributed by atoms with van der Waals surface area (Å²) in [5, 5.41) is 0. The minimum absolute atomic E-state index is 0. The third kappa shape index (κ3) is 5.66. The molecule has 0 nitrogen and oxygen atoms in total. The van der Waals surface area contributed by atoms with Crippen LogP contribution in [-0.2, 0) is 31.4 Å². The Hall–Kier alpha value is -0.716. The summed E-state index contributed by atoms with van der Waals surface area (Å²) in [7, 11) is 0. The molecule has 0 amide bonds. The van der Waals surface area contributed by atoms with Crippen molar-refractivity contribution < 1.29 is 18.6 Å². The molecule has 79 valence electrons. The minimum atomic E-state index is 0. The summed E-state index contributed by atoms with van der Waals surface area (Å²) >= 11 is 0. The molecule has 1 radical (unpaired) electrons. The molecule has 0 aromatic heterocycles. The maximum Gasteiger partial charge on any atom is 2.00 e. The van der Waals surface area contributed by atoms with Crippen molar-refractivity contribution in [3.63, 3.8) is 0 Å². The maximum atomic E-state index is 2.16. The Kier molecular flexibility index (Phi) is 8.17. The van der Waals surface area contributed by atoms with Gasteiger partial charge in [0.25, 0.3) is 0 Å². The van der Waals surface area contributed by atoms with Crippen molar-refractivity contribution in [1.82, 2.24) is 0 Å². The van der Waals surface area contributed by atoms with Crippen molar-refractivity contribution in [2.24, 2.45) is 0 Å². The number of hydrogen-bond donors (Lipinski definition) is 0. The van der Waals surface area contributed by atoms with Gasteiger partial charge in [0, 0.05) is 0 Å². The Bertz CT molecular complexity index is 269. The molecule has 0 bridgehead atoms. The van der Waals surface area contributed by atoms with Crippen LogP contribution in [0, 0.1) is 0 Å². The molecule has 0 aliphatic rings. The van der Waals surface area contributed by atoms with Gasteiger partial charge in [-0.25, -0.2) is 24.3 Å². The summed E-state index contributed by atoms with van der Waals surface area (Å²) in [5.74, 6) is 0. The van der Waals surface area contributed by atoms with Crippen molar-refractivity contribution in [2.45, 2.75) is 26.7 Å². The zero-order valence-corrected chi connectivity index (χ0v) is 10.9. The average Bonchev–Trinajstić information content (AvgIpc) is 2.92. The van der Waals surface area contributed by atoms with E-state index in [0.717, 1.165) is 12.8 Å². The molecule has 0 unspecified atom stereocenters. The molecule has 15 heavy (non-hydrogen) atoms. The van der Waals surface area contributed by atoms with E-state index in [9.17, 15) is 0 Å². The molecule has 2 aromatic carbocycles. The first-order valence-electron chi connectivity index (χ1n) is 5.28. The van der Waals surface area contributed by atoms with E-state index < -0.39 is 0 Å². The van der Waals surface area contributed by atoms with Crippen LogP contribution in [0.15, 0.2) is 48.5 Å². The molecule has 1 heteroatoms. The summed E-state index contributed by atoms with van der Waals surface area (Å²) in [4.78, 5) is 0. The van der Waals surface area contributed by atoms with Crippen LogP contribution in [0.2, 0.25) is 0 Å². The average molecular weight is 237 g/mol. The molecule has 0 heterocycles. The van der Waals surface area contributed by atoms with E-state index in [2.05, 4.69) is 62.4 Å². The van der Waals surface area contributed by atoms with Crippen LogP contribution in [-0.4, -0.2) is 0 Å². The fourth-order valence-corrected chi connectivity index (χ4v) is 1.30. The van der Waals surface area contributed by atoms with Crippen LogP contribution < -0.4 is 0 Å². The summed E-state index contributed by atoms with van der Waals surface area (Å²) in [6.07, 6.45) is 2.32. The molecule has 0 aliphatic heterocycles. The van der Waals surface area contributed by atoms with Crippen LogP contribution in [0.1, 0.15) is 25.0 Å². The van der Waals surface area contributed by atoms with Gasteiger partial charge in [-0.15, -0.1) is 0 Å². The zero-order valence-electron chi connectivity index (χ0n) is 9.48. The smallest absolute Gasteiger partial charge is 0.213 e. The second-order valence-electron chi connectivity index (χ2n) is 3.29. The first-order valence-corrected chi connectivity index (χ1v) is 5.28. The van der Waals surface area contributed by atoms with E-state index in [0.29, 0.717) is 0 Å². The summed E-state index contributed by atoms with van der Waals surface area (Å²) in [6.45, 7) is 4.32. The quantitative estimate of drug-likeness (QED) is 0.694. The van der Waals surface area contributed by atoms with E-state index >= 15 is 0 Å². The predicted octanol–water partition coefficient (Wildman–Crippen LogP) is 3.93. The number of rotatable bonds is 2. The molecule has 0 atom stereocenters. The van der Waals surface area contributed by atoms with Gasteiger partial charge in [0.05, 0.1) is 0 Å². The fraction of sp³-hybridized carbons (Fsp3) is 0.286. The normalized spacial score (nSPS) is 8.67. The van der Waals surface area contributed by atoms with Crippen molar-refractivity contribution in [3.05, 3.63) is 59.7 Å². The monoisotopic (exact) mass is 237 g/mol. The van der Waals surface area contributed by atoms with Gasteiger partial charge in [-0.3, -0.25) is 0 Å². The van der Waals surface area contributed by atoms with Crippen LogP contribution >= 0.6 is 0 Å². The number of aryl methyl sites for hydroxylation is 2. The van der Waals surface area contributed by atoms with E-state index in [-0.39, 0.29) is 18.6 Å². The SMILES string of the molecule is CCc1ccc[cH-]1.CCc1ccc[cH-]1.[V+2]. The molecule has 0 spiro atoms. The fourth-order valence-electron chi connectivity index (χ4n) is 1.30. The van der Waals surface area contributed by atoms with Gasteiger partial charge in [-0.05, 0) is 0 Å². The predicted molar refractivity (Wildman–Crippen MR) is 62.8 cm³/mol. The van der Waals surface area contributed by atoms with E-state index in [4.69, 9.17) is 0 Å². The standard InChI is InChI=1S/2C7H9.V/c2*1-2-7-5-3-4-6-7;/h2*3-6H,2H2,1H3;/q2*-1;+2. The Morgan fingerprint density at radius 2 is 1.27 bits per heavy atom. The third-order valence-electron chi connectivity index (χ3n) is 2.28. The summed E-state index contributed by atoms with van der Waals surface area (Å²) < 4.78 is 0. The maximum absolute atomic E-state index is 2.16. The Labute approximate surface area is 105 Å². The van der Waals surface area contributed by atoms with Gasteiger partial charge >= 0.3 is 18.6 Å². The Morgan fingerprint density at radius 1 is 0.867 bits per heavy atom. The minimum Gasteiger partial charge on any atom is -0.213 e. The molecule has 0 N–H and O–H groups in total. The first-order chi connectivity index (χ1) is 6.86. The Morgan fingerprint density at radius 3 is 1.40 bits per heavy atom. The second-order valence-corrected chi connectivity index (χ2v) is 3.29. The van der Waals surface area contributed by atoms with Crippen molar-refractivity contribution in [1.29, 1.82) is 0 Å². The van der Waals surface area contributed by atoms with Gasteiger partial charge in [-0.2, -0.15) is 35.4 Å². The third-order valence-corrected chi connectivity index (χ3v) is 2.28. The van der Waals surface area contributed by atoms with E-state index in [1.54, 1.807) is 0 Å². The molecule has 0 saturated heterocycles. The van der Waals surface area contributed by atoms with Gasteiger partial charge in [0.15, 0.2) is 0 Å². The van der Waals surface area contributed by atoms with Gasteiger partial charge in [0.2, 0.25) is 0 Å². The van der Waals surface area contributed by atoms with Crippen LogP contribution in [0.3, 0.4) is 0 Å². The van der Waals surface area contributed by atoms with E-state index in [1.807, 2.05) is 0 Å². The molecule has 0 fully saturated rings. The molecule has 2 aromatic rings. The van der Waals surface area contributed by atoms with Crippen LogP contribution in [0.5, 0.6) is 0 Å². The molecule has 2 rings (SSSR count). The second kappa shape index (κ2) is 8.58. The zero-order chi connectivity index (χ0) is 10.2. The first kappa shape index (κ1) is 14.3. The largest absolute Gasteiger partial charge is 2.00 e. The van der Waals surface area contributed by atoms with Crippen LogP contribution in [0.25, 0.3) is 0 Å². The van der Waals surface area contributed by atoms with E-state index in [1.165, 1.54) is 11.1 Å². The summed E-state index contributed by atoms with van der Waals surface area (Å²) in [5.41, 5.74) is 2.86. The molecule has 0 aliphatic carbocycles. The van der Waals surface area contributed by atoms with Crippen LogP contribution in [0.4, 0.5) is 0 Å². The number of hydrogen-bond acceptors (Lipinski definition) is 0. The van der Waals surface area contributed by atoms with Gasteiger partial charge in [-0.1, -0.05) is 26.7 Å². The van der Waals surface area contributed by atoms with Crippen molar-refractivity contribution >= 4 is 0 Å².